The van der Waals surface area contributed by atoms with E-state index < -0.39 is 0 Å². The van der Waals surface area contributed by atoms with Crippen LogP contribution in [0.2, 0.25) is 0 Å². The van der Waals surface area contributed by atoms with Crippen LogP contribution in [0.5, 0.6) is 0 Å². The fourth-order valence-electron chi connectivity index (χ4n) is 7.70. The Morgan fingerprint density at radius 2 is 0.606 bits per heavy atom. The number of likely N-dealkylation sites (N-methyl/N-ethyl adjacent to an activating group) is 2. The second-order valence-corrected chi connectivity index (χ2v) is 21.8. The van der Waals surface area contributed by atoms with Crippen LogP contribution in [0.1, 0.15) is 182 Å². The Kier molecular flexibility index (Phi) is 46.5. The fourth-order valence-corrected chi connectivity index (χ4v) is 7.70. The third-order valence-electron chi connectivity index (χ3n) is 12.0. The Bertz CT molecular complexity index is 1370. The standard InChI is InChI=1S/2C14H29N3O.2C14H28N2O.CH4/c2*1-10(2)14(18)13(17(6)11(3)4)8-7-9-16-12(5)15;2*1-10(2)9-13(14(17)11(3)4)7-6-8-16-12(5)15;/h2*10-11,13,16H,5,7-9,15H2,1-4,6H3;2*10-11,13,16H,5-9,15H2,1-4H3;1H4/t4*13-;/m0011./s1. The third kappa shape index (κ3) is 42.2. The lowest BCUT2D eigenvalue weighted by Crippen LogP contribution is -2.44. The van der Waals surface area contributed by atoms with Crippen molar-refractivity contribution in [3.63, 3.8) is 0 Å². The van der Waals surface area contributed by atoms with Crippen molar-refractivity contribution in [1.82, 2.24) is 31.1 Å². The monoisotopic (exact) mass is 1010 g/mol. The summed E-state index contributed by atoms with van der Waals surface area (Å²) in [5, 5.41) is 12.0. The zero-order chi connectivity index (χ0) is 55.4. The highest BCUT2D eigenvalue weighted by molar-refractivity contribution is 5.86. The van der Waals surface area contributed by atoms with Gasteiger partial charge in [0.1, 0.15) is 11.6 Å². The molecule has 0 aromatic carbocycles. The number of hydrogen-bond acceptors (Lipinski definition) is 14. The second-order valence-electron chi connectivity index (χ2n) is 21.8. The Morgan fingerprint density at radius 1 is 0.394 bits per heavy atom. The van der Waals surface area contributed by atoms with Crippen LogP contribution in [0.25, 0.3) is 0 Å². The largest absolute Gasteiger partial charge is 0.386 e. The van der Waals surface area contributed by atoms with E-state index in [1.165, 1.54) is 0 Å². The number of carbonyl (C=O) groups is 4. The van der Waals surface area contributed by atoms with Crippen LogP contribution >= 0.6 is 0 Å². The van der Waals surface area contributed by atoms with Crippen LogP contribution in [0.4, 0.5) is 0 Å². The molecular weight excluding hydrogens is 889 g/mol. The molecule has 14 heteroatoms. The SMILES string of the molecule is C.C=C(N)NCCC[C@@H](C(=O)C(C)C)N(C)C(C)C.C=C(N)NCCC[C@@H](C(=O)C(C)C)N(C)C(C)C.C=C(N)NCCC[C@H](CC(C)C)C(=O)C(C)C.C=C(N)NCCC[C@H](CC(C)C)C(=O)C(C)C. The predicted octanol–water partition coefficient (Wildman–Crippen LogP) is 9.42. The van der Waals surface area contributed by atoms with E-state index in [1.807, 2.05) is 69.5 Å². The molecule has 0 aromatic heterocycles. The average molecular weight is 1010 g/mol. The first-order valence-corrected chi connectivity index (χ1v) is 26.5. The lowest BCUT2D eigenvalue weighted by atomic mass is 9.85. The molecule has 14 nitrogen and oxygen atoms in total. The van der Waals surface area contributed by atoms with Gasteiger partial charge in [0, 0.05) is 73.8 Å². The van der Waals surface area contributed by atoms with Crippen LogP contribution in [-0.4, -0.2) is 97.4 Å². The van der Waals surface area contributed by atoms with E-state index >= 15 is 0 Å². The molecule has 0 saturated carbocycles. The molecule has 0 amide bonds. The van der Waals surface area contributed by atoms with Crippen LogP contribution < -0.4 is 44.2 Å². The number of rotatable bonds is 36. The topological polar surface area (TPSA) is 227 Å². The highest BCUT2D eigenvalue weighted by Crippen LogP contribution is 2.23. The summed E-state index contributed by atoms with van der Waals surface area (Å²) in [5.74, 6) is 5.35. The van der Waals surface area contributed by atoms with Crippen molar-refractivity contribution in [1.29, 1.82) is 0 Å². The Hall–Kier alpha value is -4.04. The van der Waals surface area contributed by atoms with E-state index in [1.54, 1.807) is 0 Å². The van der Waals surface area contributed by atoms with Gasteiger partial charge in [-0.25, -0.2) is 0 Å². The number of Topliss-reactive ketones (excluding diaryl/α,β-unsaturated/α-hetero) is 4. The van der Waals surface area contributed by atoms with E-state index in [9.17, 15) is 19.2 Å². The molecule has 0 spiro atoms. The molecule has 0 unspecified atom stereocenters. The maximum atomic E-state index is 12.2. The van der Waals surface area contributed by atoms with Gasteiger partial charge in [0.25, 0.3) is 0 Å². The van der Waals surface area contributed by atoms with E-state index in [-0.39, 0.29) is 55.0 Å². The highest BCUT2D eigenvalue weighted by atomic mass is 16.1. The number of ketones is 4. The van der Waals surface area contributed by atoms with Crippen molar-refractivity contribution in [3.05, 3.63) is 49.6 Å². The summed E-state index contributed by atoms with van der Waals surface area (Å²) in [6, 6.07) is 0.737. The number of nitrogens with two attached hydrogens (primary N) is 4. The number of nitrogens with one attached hydrogen (secondary N) is 4. The fraction of sp³-hybridized carbons (Fsp3) is 0.789. The van der Waals surface area contributed by atoms with Gasteiger partial charge in [0.05, 0.1) is 35.4 Å². The second kappa shape index (κ2) is 43.5. The molecule has 0 fully saturated rings. The Balaban J connectivity index is -0.000000272. The van der Waals surface area contributed by atoms with Gasteiger partial charge in [0.15, 0.2) is 11.6 Å². The molecule has 0 bridgehead atoms. The maximum absolute atomic E-state index is 12.2. The van der Waals surface area contributed by atoms with Gasteiger partial charge in [-0.05, 0) is 118 Å². The first-order chi connectivity index (χ1) is 32.2. The molecule has 71 heavy (non-hydrogen) atoms. The molecule has 0 aliphatic carbocycles. The van der Waals surface area contributed by atoms with E-state index in [2.05, 4.69) is 113 Å². The smallest absolute Gasteiger partial charge is 0.152 e. The summed E-state index contributed by atoms with van der Waals surface area (Å²) < 4.78 is 0. The minimum absolute atomic E-state index is 0. The lowest BCUT2D eigenvalue weighted by molar-refractivity contribution is -0.128. The molecule has 0 saturated heterocycles. The molecule has 0 aliphatic rings. The molecule has 12 N–H and O–H groups in total. The number of nitrogens with zero attached hydrogens (tertiary/aromatic N) is 2. The van der Waals surface area contributed by atoms with Crippen LogP contribution in [0.15, 0.2) is 49.6 Å². The van der Waals surface area contributed by atoms with Crippen molar-refractivity contribution < 1.29 is 19.2 Å². The van der Waals surface area contributed by atoms with Crippen LogP contribution in [0, 0.1) is 47.3 Å². The van der Waals surface area contributed by atoms with Crippen molar-refractivity contribution in [2.45, 2.75) is 207 Å². The summed E-state index contributed by atoms with van der Waals surface area (Å²) in [6.45, 7) is 50.4. The van der Waals surface area contributed by atoms with Crippen LogP contribution in [0.3, 0.4) is 0 Å². The van der Waals surface area contributed by atoms with Crippen molar-refractivity contribution in [2.24, 2.45) is 70.3 Å². The molecule has 0 rings (SSSR count). The van der Waals surface area contributed by atoms with Gasteiger partial charge >= 0.3 is 0 Å². The first kappa shape index (κ1) is 75.9. The van der Waals surface area contributed by atoms with Crippen LogP contribution in [-0.2, 0) is 19.2 Å². The average Bonchev–Trinajstić information content (AvgIpc) is 3.24. The first-order valence-electron chi connectivity index (χ1n) is 26.5. The van der Waals surface area contributed by atoms with Crippen molar-refractivity contribution in [2.75, 3.05) is 40.3 Å². The summed E-state index contributed by atoms with van der Waals surface area (Å²) >= 11 is 0. The molecular formula is C57H118N10O4. The molecule has 0 heterocycles. The highest BCUT2D eigenvalue weighted by Gasteiger charge is 2.28. The lowest BCUT2D eigenvalue weighted by Gasteiger charge is -2.31. The molecule has 4 atom stereocenters. The maximum Gasteiger partial charge on any atom is 0.152 e. The molecule has 0 aromatic rings. The van der Waals surface area contributed by atoms with Gasteiger partial charge in [0.2, 0.25) is 0 Å². The zero-order valence-electron chi connectivity index (χ0n) is 48.5. The third-order valence-corrected chi connectivity index (χ3v) is 12.0. The Morgan fingerprint density at radius 3 is 0.775 bits per heavy atom. The summed E-state index contributed by atoms with van der Waals surface area (Å²) in [5.41, 5.74) is 21.7. The molecule has 0 radical (unpaired) electrons. The minimum atomic E-state index is -0.00200. The van der Waals surface area contributed by atoms with Gasteiger partial charge in [-0.15, -0.1) is 0 Å². The summed E-state index contributed by atoms with van der Waals surface area (Å²) in [7, 11) is 4.04. The Labute approximate surface area is 438 Å². The molecule has 0 aliphatic heterocycles. The van der Waals surface area contributed by atoms with E-state index in [0.29, 0.717) is 70.3 Å². The van der Waals surface area contributed by atoms with E-state index in [0.717, 1.165) is 90.4 Å². The predicted molar refractivity (Wildman–Crippen MR) is 308 cm³/mol. The van der Waals surface area contributed by atoms with Crippen molar-refractivity contribution >= 4 is 23.1 Å². The summed E-state index contributed by atoms with van der Waals surface area (Å²) in [6.07, 6.45) is 9.31. The molecule has 420 valence electrons. The van der Waals surface area contributed by atoms with Gasteiger partial charge in [-0.3, -0.25) is 29.0 Å². The quantitative estimate of drug-likeness (QED) is 0.0274. The minimum Gasteiger partial charge on any atom is -0.386 e. The van der Waals surface area contributed by atoms with Gasteiger partial charge in [-0.1, -0.05) is 117 Å². The van der Waals surface area contributed by atoms with Gasteiger partial charge in [-0.2, -0.15) is 0 Å². The number of hydrogen-bond donors (Lipinski definition) is 8. The van der Waals surface area contributed by atoms with E-state index in [4.69, 9.17) is 22.9 Å². The van der Waals surface area contributed by atoms with Crippen molar-refractivity contribution in [3.8, 4) is 0 Å². The normalized spacial score (nSPS) is 12.8. The zero-order valence-corrected chi connectivity index (χ0v) is 48.5. The summed E-state index contributed by atoms with van der Waals surface area (Å²) in [4.78, 5) is 52.8. The van der Waals surface area contributed by atoms with Gasteiger partial charge < -0.3 is 44.2 Å². The number of carbonyl (C=O) groups excluding carboxylic acids is 4.